The summed E-state index contributed by atoms with van der Waals surface area (Å²) in [6.45, 7) is 3.04. The molecule has 7 heteroatoms. The number of hydrogen-bond acceptors (Lipinski definition) is 4. The van der Waals surface area contributed by atoms with Crippen LogP contribution in [0.4, 0.5) is 0 Å². The van der Waals surface area contributed by atoms with Gasteiger partial charge in [0.15, 0.2) is 5.69 Å². The highest BCUT2D eigenvalue weighted by molar-refractivity contribution is 6.30. The number of likely N-dealkylation sites (tertiary alicyclic amines) is 1. The standard InChI is InChI=1S/C23H27ClN4O2/c1-26(2)23(29)22-20(28-13-18(24)10-11-21(28)25-22)15-27-12-6-9-19(14-27)30-16-17-7-4-3-5-8-17/h3-5,7-8,10-11,13,19H,6,9,12,14-16H2,1-2H3/t19-/m0/s1. The van der Waals surface area contributed by atoms with E-state index >= 15 is 0 Å². The number of piperidine rings is 1. The minimum absolute atomic E-state index is 0.0984. The molecule has 4 rings (SSSR count). The molecule has 1 aliphatic heterocycles. The summed E-state index contributed by atoms with van der Waals surface area (Å²) < 4.78 is 8.12. The van der Waals surface area contributed by atoms with Gasteiger partial charge in [0.25, 0.3) is 5.91 Å². The molecule has 1 fully saturated rings. The number of pyridine rings is 1. The number of amides is 1. The van der Waals surface area contributed by atoms with Crippen molar-refractivity contribution in [3.63, 3.8) is 0 Å². The van der Waals surface area contributed by atoms with E-state index in [0.29, 0.717) is 23.9 Å². The molecule has 0 bridgehead atoms. The predicted octanol–water partition coefficient (Wildman–Crippen LogP) is 3.87. The van der Waals surface area contributed by atoms with Crippen molar-refractivity contribution in [3.05, 3.63) is 70.6 Å². The minimum Gasteiger partial charge on any atom is -0.372 e. The van der Waals surface area contributed by atoms with Crippen molar-refractivity contribution in [1.82, 2.24) is 19.2 Å². The Labute approximate surface area is 182 Å². The van der Waals surface area contributed by atoms with Crippen LogP contribution in [0, 0.1) is 0 Å². The Balaban J connectivity index is 1.52. The number of benzene rings is 1. The third-order valence-electron chi connectivity index (χ3n) is 5.45. The Kier molecular flexibility index (Phi) is 6.37. The molecular weight excluding hydrogens is 400 g/mol. The monoisotopic (exact) mass is 426 g/mol. The Bertz CT molecular complexity index is 1020. The average molecular weight is 427 g/mol. The molecule has 0 aliphatic carbocycles. The topological polar surface area (TPSA) is 50.1 Å². The fraction of sp³-hybridized carbons (Fsp3) is 0.391. The lowest BCUT2D eigenvalue weighted by molar-refractivity contribution is -0.0124. The lowest BCUT2D eigenvalue weighted by Gasteiger charge is -2.32. The van der Waals surface area contributed by atoms with Gasteiger partial charge < -0.3 is 14.0 Å². The van der Waals surface area contributed by atoms with Crippen LogP contribution in [0.25, 0.3) is 5.65 Å². The summed E-state index contributed by atoms with van der Waals surface area (Å²) in [5.41, 5.74) is 3.27. The van der Waals surface area contributed by atoms with E-state index in [1.54, 1.807) is 25.1 Å². The first-order chi connectivity index (χ1) is 14.5. The molecule has 6 nitrogen and oxygen atoms in total. The number of halogens is 1. The number of hydrogen-bond donors (Lipinski definition) is 0. The summed E-state index contributed by atoms with van der Waals surface area (Å²) in [5.74, 6) is -0.0984. The number of ether oxygens (including phenoxy) is 1. The van der Waals surface area contributed by atoms with Crippen LogP contribution >= 0.6 is 11.6 Å². The zero-order valence-corrected chi connectivity index (χ0v) is 18.2. The van der Waals surface area contributed by atoms with Crippen LogP contribution in [0.1, 0.15) is 34.6 Å². The van der Waals surface area contributed by atoms with Gasteiger partial charge in [0.2, 0.25) is 0 Å². The van der Waals surface area contributed by atoms with Crippen LogP contribution < -0.4 is 0 Å². The highest BCUT2D eigenvalue weighted by Gasteiger charge is 2.26. The third-order valence-corrected chi connectivity index (χ3v) is 5.68. The Morgan fingerprint density at radius 2 is 2.03 bits per heavy atom. The molecule has 0 N–H and O–H groups in total. The normalized spacial score (nSPS) is 17.4. The van der Waals surface area contributed by atoms with Gasteiger partial charge in [-0.3, -0.25) is 9.69 Å². The first kappa shape index (κ1) is 20.8. The summed E-state index contributed by atoms with van der Waals surface area (Å²) in [5, 5.41) is 0.618. The van der Waals surface area contributed by atoms with Gasteiger partial charge in [0.1, 0.15) is 5.65 Å². The van der Waals surface area contributed by atoms with Crippen molar-refractivity contribution in [1.29, 1.82) is 0 Å². The molecule has 0 saturated carbocycles. The fourth-order valence-corrected chi connectivity index (χ4v) is 4.06. The van der Waals surface area contributed by atoms with E-state index in [1.165, 1.54) is 5.56 Å². The third kappa shape index (κ3) is 4.67. The van der Waals surface area contributed by atoms with E-state index in [4.69, 9.17) is 16.3 Å². The summed E-state index contributed by atoms with van der Waals surface area (Å²) >= 11 is 6.23. The van der Waals surface area contributed by atoms with Crippen molar-refractivity contribution in [2.45, 2.75) is 32.1 Å². The van der Waals surface area contributed by atoms with E-state index in [0.717, 1.165) is 37.3 Å². The summed E-state index contributed by atoms with van der Waals surface area (Å²) in [7, 11) is 3.49. The van der Waals surface area contributed by atoms with Crippen LogP contribution in [0.3, 0.4) is 0 Å². The van der Waals surface area contributed by atoms with Crippen LogP contribution in [-0.2, 0) is 17.9 Å². The predicted molar refractivity (Wildman–Crippen MR) is 118 cm³/mol. The number of fused-ring (bicyclic) bond motifs is 1. The number of rotatable bonds is 6. The average Bonchev–Trinajstić information content (AvgIpc) is 3.10. The van der Waals surface area contributed by atoms with E-state index < -0.39 is 0 Å². The summed E-state index contributed by atoms with van der Waals surface area (Å²) in [6, 6.07) is 13.9. The summed E-state index contributed by atoms with van der Waals surface area (Å²) in [6.07, 6.45) is 4.12. The van der Waals surface area contributed by atoms with Gasteiger partial charge in [-0.15, -0.1) is 0 Å². The lowest BCUT2D eigenvalue weighted by atomic mass is 10.1. The van der Waals surface area contributed by atoms with Crippen molar-refractivity contribution in [2.75, 3.05) is 27.2 Å². The lowest BCUT2D eigenvalue weighted by Crippen LogP contribution is -2.39. The molecule has 0 unspecified atom stereocenters. The zero-order chi connectivity index (χ0) is 21.1. The van der Waals surface area contributed by atoms with Gasteiger partial charge in [-0.2, -0.15) is 0 Å². The smallest absolute Gasteiger partial charge is 0.273 e. The molecule has 2 aromatic heterocycles. The zero-order valence-electron chi connectivity index (χ0n) is 17.4. The maximum Gasteiger partial charge on any atom is 0.273 e. The molecule has 1 atom stereocenters. The maximum atomic E-state index is 12.8. The minimum atomic E-state index is -0.0984. The number of aromatic nitrogens is 2. The molecule has 1 saturated heterocycles. The fourth-order valence-electron chi connectivity index (χ4n) is 3.89. The molecule has 30 heavy (non-hydrogen) atoms. The van der Waals surface area contributed by atoms with Crippen molar-refractivity contribution < 1.29 is 9.53 Å². The van der Waals surface area contributed by atoms with Gasteiger partial charge in [-0.1, -0.05) is 41.9 Å². The van der Waals surface area contributed by atoms with Gasteiger partial charge in [-0.25, -0.2) is 4.98 Å². The van der Waals surface area contributed by atoms with Crippen molar-refractivity contribution >= 4 is 23.2 Å². The number of imidazole rings is 1. The van der Waals surface area contributed by atoms with E-state index in [-0.39, 0.29) is 12.0 Å². The van der Waals surface area contributed by atoms with Crippen LogP contribution in [0.2, 0.25) is 5.02 Å². The second-order valence-corrected chi connectivity index (χ2v) is 8.41. The highest BCUT2D eigenvalue weighted by atomic mass is 35.5. The van der Waals surface area contributed by atoms with Gasteiger partial charge >= 0.3 is 0 Å². The van der Waals surface area contributed by atoms with Gasteiger partial charge in [0, 0.05) is 33.4 Å². The Hall–Kier alpha value is -2.41. The molecule has 158 valence electrons. The molecule has 1 aromatic carbocycles. The molecular formula is C23H27ClN4O2. The number of nitrogens with zero attached hydrogens (tertiary/aromatic N) is 4. The Morgan fingerprint density at radius 3 is 2.80 bits per heavy atom. The number of carbonyl (C=O) groups is 1. The highest BCUT2D eigenvalue weighted by Crippen LogP contribution is 2.22. The van der Waals surface area contributed by atoms with Crippen LogP contribution in [0.5, 0.6) is 0 Å². The first-order valence-electron chi connectivity index (χ1n) is 10.3. The molecule has 3 heterocycles. The molecule has 0 radical (unpaired) electrons. The number of carbonyl (C=O) groups excluding carboxylic acids is 1. The summed E-state index contributed by atoms with van der Waals surface area (Å²) in [4.78, 5) is 21.3. The molecule has 0 spiro atoms. The van der Waals surface area contributed by atoms with E-state index in [1.807, 2.05) is 34.9 Å². The van der Waals surface area contributed by atoms with Gasteiger partial charge in [0.05, 0.1) is 23.4 Å². The van der Waals surface area contributed by atoms with Gasteiger partial charge in [-0.05, 0) is 37.1 Å². The van der Waals surface area contributed by atoms with Crippen molar-refractivity contribution in [2.24, 2.45) is 0 Å². The largest absolute Gasteiger partial charge is 0.372 e. The Morgan fingerprint density at radius 1 is 1.23 bits per heavy atom. The van der Waals surface area contributed by atoms with Crippen LogP contribution in [0.15, 0.2) is 48.7 Å². The first-order valence-corrected chi connectivity index (χ1v) is 10.6. The van der Waals surface area contributed by atoms with E-state index in [9.17, 15) is 4.79 Å². The van der Waals surface area contributed by atoms with E-state index in [2.05, 4.69) is 22.0 Å². The SMILES string of the molecule is CN(C)C(=O)c1nc2ccc(Cl)cn2c1CN1CCC[C@H](OCc2ccccc2)C1. The second kappa shape index (κ2) is 9.16. The van der Waals surface area contributed by atoms with Crippen molar-refractivity contribution in [3.8, 4) is 0 Å². The molecule has 1 amide bonds. The molecule has 3 aromatic rings. The second-order valence-electron chi connectivity index (χ2n) is 7.98. The maximum absolute atomic E-state index is 12.8. The van der Waals surface area contributed by atoms with Crippen LogP contribution in [-0.4, -0.2) is 58.4 Å². The quantitative estimate of drug-likeness (QED) is 0.600. The molecule has 1 aliphatic rings.